The Bertz CT molecular complexity index is 95.6. The molecule has 0 spiro atoms. The van der Waals surface area contributed by atoms with Gasteiger partial charge >= 0.3 is 9.05 Å². The van der Waals surface area contributed by atoms with E-state index in [2.05, 4.69) is 0 Å². The van der Waals surface area contributed by atoms with Gasteiger partial charge in [0.25, 0.3) is 0 Å². The van der Waals surface area contributed by atoms with Crippen molar-refractivity contribution in [3.8, 4) is 0 Å². The summed E-state index contributed by atoms with van der Waals surface area (Å²) in [5, 5.41) is 0. The number of hydrogen-bond acceptors (Lipinski definition) is 4. The highest BCUT2D eigenvalue weighted by atomic mass is 35.5. The lowest BCUT2D eigenvalue weighted by atomic mass is 10.9. The molecule has 0 atom stereocenters. The fraction of sp³-hybridized carbons (Fsp3) is 1.00. The van der Waals surface area contributed by atoms with Gasteiger partial charge < -0.3 is 17.7 Å². The third-order valence-electron chi connectivity index (χ3n) is 1.19. The molecule has 6 heteroatoms. The van der Waals surface area contributed by atoms with Crippen LogP contribution in [-0.4, -0.2) is 34.9 Å². The SMILES string of the molecule is CCO[Si](OCC)(OCC)OCCl. The second-order valence-electron chi connectivity index (χ2n) is 2.05. The van der Waals surface area contributed by atoms with Crippen LogP contribution in [0.1, 0.15) is 20.8 Å². The average Bonchev–Trinajstić information content (AvgIpc) is 2.06. The Labute approximate surface area is 85.6 Å². The van der Waals surface area contributed by atoms with Crippen molar-refractivity contribution in [2.75, 3.05) is 25.9 Å². The molecule has 0 heterocycles. The molecule has 0 aliphatic carbocycles. The maximum atomic E-state index is 5.47. The third-order valence-corrected chi connectivity index (χ3v) is 3.91. The van der Waals surface area contributed by atoms with Crippen LogP contribution in [0.25, 0.3) is 0 Å². The van der Waals surface area contributed by atoms with Crippen LogP contribution in [0.15, 0.2) is 0 Å². The topological polar surface area (TPSA) is 36.9 Å². The lowest BCUT2D eigenvalue weighted by Gasteiger charge is -2.25. The van der Waals surface area contributed by atoms with Crippen LogP contribution in [0.4, 0.5) is 0 Å². The second-order valence-corrected chi connectivity index (χ2v) is 4.43. The van der Waals surface area contributed by atoms with E-state index < -0.39 is 9.05 Å². The van der Waals surface area contributed by atoms with Crippen LogP contribution in [0.2, 0.25) is 0 Å². The van der Waals surface area contributed by atoms with E-state index in [1.54, 1.807) is 0 Å². The summed E-state index contributed by atoms with van der Waals surface area (Å²) in [6.45, 7) is 7.04. The molecule has 0 saturated heterocycles. The second kappa shape index (κ2) is 7.72. The van der Waals surface area contributed by atoms with Crippen LogP contribution < -0.4 is 0 Å². The maximum Gasteiger partial charge on any atom is 0.680 e. The first-order chi connectivity index (χ1) is 6.24. The smallest absolute Gasteiger partial charge is 0.351 e. The summed E-state index contributed by atoms with van der Waals surface area (Å²) in [4.78, 5) is 0. The van der Waals surface area contributed by atoms with Crippen LogP contribution in [0.5, 0.6) is 0 Å². The first kappa shape index (κ1) is 13.3. The summed E-state index contributed by atoms with van der Waals surface area (Å²) in [7, 11) is -2.93. The lowest BCUT2D eigenvalue weighted by molar-refractivity contribution is -0.0181. The van der Waals surface area contributed by atoms with Crippen molar-refractivity contribution in [3.63, 3.8) is 0 Å². The first-order valence-corrected chi connectivity index (χ1v) is 6.53. The molecule has 4 nitrogen and oxygen atoms in total. The summed E-state index contributed by atoms with van der Waals surface area (Å²) in [6, 6.07) is 0.0201. The minimum atomic E-state index is -2.93. The van der Waals surface area contributed by atoms with E-state index in [0.29, 0.717) is 19.8 Å². The Kier molecular flexibility index (Phi) is 7.93. The molecule has 0 rings (SSSR count). The molecule has 0 radical (unpaired) electrons. The minimum absolute atomic E-state index is 0.0201. The zero-order valence-corrected chi connectivity index (χ0v) is 10.1. The average molecular weight is 229 g/mol. The van der Waals surface area contributed by atoms with Gasteiger partial charge in [-0.3, -0.25) is 0 Å². The van der Waals surface area contributed by atoms with E-state index in [9.17, 15) is 0 Å². The predicted molar refractivity (Wildman–Crippen MR) is 52.4 cm³/mol. The van der Waals surface area contributed by atoms with Gasteiger partial charge in [-0.1, -0.05) is 11.6 Å². The van der Waals surface area contributed by atoms with E-state index in [4.69, 9.17) is 29.3 Å². The summed E-state index contributed by atoms with van der Waals surface area (Å²) < 4.78 is 21.2. The first-order valence-electron chi connectivity index (χ1n) is 4.36. The van der Waals surface area contributed by atoms with Crippen molar-refractivity contribution < 1.29 is 17.7 Å². The molecule has 0 N–H and O–H groups in total. The van der Waals surface area contributed by atoms with Gasteiger partial charge in [0, 0.05) is 19.8 Å². The van der Waals surface area contributed by atoms with E-state index in [1.165, 1.54) is 0 Å². The van der Waals surface area contributed by atoms with Crippen LogP contribution in [0, 0.1) is 0 Å². The third kappa shape index (κ3) is 4.95. The summed E-state index contributed by atoms with van der Waals surface area (Å²) in [5.74, 6) is 0. The van der Waals surface area contributed by atoms with Crippen LogP contribution in [0.3, 0.4) is 0 Å². The van der Waals surface area contributed by atoms with Gasteiger partial charge in [-0.15, -0.1) is 0 Å². The molecule has 0 aromatic heterocycles. The van der Waals surface area contributed by atoms with Gasteiger partial charge in [0.1, 0.15) is 6.07 Å². The van der Waals surface area contributed by atoms with Gasteiger partial charge in [-0.05, 0) is 20.8 Å². The van der Waals surface area contributed by atoms with Crippen molar-refractivity contribution >= 4 is 20.6 Å². The minimum Gasteiger partial charge on any atom is -0.351 e. The molecule has 13 heavy (non-hydrogen) atoms. The van der Waals surface area contributed by atoms with E-state index >= 15 is 0 Å². The Hall–Kier alpha value is 0.347. The van der Waals surface area contributed by atoms with Gasteiger partial charge in [-0.2, -0.15) is 0 Å². The normalized spacial score (nSPS) is 12.0. The summed E-state index contributed by atoms with van der Waals surface area (Å²) in [5.41, 5.74) is 0. The number of hydrogen-bond donors (Lipinski definition) is 0. The lowest BCUT2D eigenvalue weighted by Crippen LogP contribution is -2.49. The largest absolute Gasteiger partial charge is 0.680 e. The number of alkyl halides is 1. The standard InChI is InChI=1S/C7H17ClO4Si/c1-4-9-13(10-5-2,11-6-3)12-7-8/h4-7H2,1-3H3. The molecular weight excluding hydrogens is 212 g/mol. The Morgan fingerprint density at radius 3 is 1.46 bits per heavy atom. The summed E-state index contributed by atoms with van der Waals surface area (Å²) in [6.07, 6.45) is 0. The highest BCUT2D eigenvalue weighted by Gasteiger charge is 2.44. The van der Waals surface area contributed by atoms with Gasteiger partial charge in [0.05, 0.1) is 0 Å². The quantitative estimate of drug-likeness (QED) is 0.469. The highest BCUT2D eigenvalue weighted by molar-refractivity contribution is 6.54. The maximum absolute atomic E-state index is 5.47. The highest BCUT2D eigenvalue weighted by Crippen LogP contribution is 2.12. The molecule has 80 valence electrons. The van der Waals surface area contributed by atoms with Crippen molar-refractivity contribution in [1.82, 2.24) is 0 Å². The molecule has 0 aliphatic rings. The summed E-state index contributed by atoms with van der Waals surface area (Å²) >= 11 is 5.47. The molecule has 0 saturated carbocycles. The van der Waals surface area contributed by atoms with Crippen LogP contribution in [-0.2, 0) is 17.7 Å². The van der Waals surface area contributed by atoms with Crippen molar-refractivity contribution in [2.24, 2.45) is 0 Å². The number of rotatable bonds is 8. The monoisotopic (exact) mass is 228 g/mol. The van der Waals surface area contributed by atoms with E-state index in [0.717, 1.165) is 0 Å². The Balaban J connectivity index is 4.19. The fourth-order valence-electron chi connectivity index (χ4n) is 0.847. The molecule has 0 fully saturated rings. The van der Waals surface area contributed by atoms with Crippen molar-refractivity contribution in [1.29, 1.82) is 0 Å². The number of halogens is 1. The van der Waals surface area contributed by atoms with Gasteiger partial charge in [0.15, 0.2) is 0 Å². The molecule has 0 aliphatic heterocycles. The van der Waals surface area contributed by atoms with Gasteiger partial charge in [0.2, 0.25) is 0 Å². The zero-order chi connectivity index (χ0) is 10.2. The fourth-order valence-corrected chi connectivity index (χ4v) is 2.94. The van der Waals surface area contributed by atoms with Crippen molar-refractivity contribution in [2.45, 2.75) is 20.8 Å². The molecule has 0 bridgehead atoms. The molecule has 0 aromatic carbocycles. The molecule has 0 unspecified atom stereocenters. The van der Waals surface area contributed by atoms with E-state index in [-0.39, 0.29) is 6.07 Å². The predicted octanol–water partition coefficient (Wildman–Crippen LogP) is 1.74. The van der Waals surface area contributed by atoms with Crippen molar-refractivity contribution in [3.05, 3.63) is 0 Å². The zero-order valence-electron chi connectivity index (χ0n) is 8.34. The van der Waals surface area contributed by atoms with Gasteiger partial charge in [-0.25, -0.2) is 0 Å². The van der Waals surface area contributed by atoms with E-state index in [1.807, 2.05) is 20.8 Å². The molecule has 0 amide bonds. The molecule has 0 aromatic rings. The Morgan fingerprint density at radius 2 is 1.23 bits per heavy atom. The Morgan fingerprint density at radius 1 is 0.846 bits per heavy atom. The molecular formula is C7H17ClO4Si. The van der Waals surface area contributed by atoms with Crippen LogP contribution >= 0.6 is 11.6 Å².